The standard InChI is InChI=1S/C18H19N5O/c1-2-7-20-18(3-1)24-14-17-13-22(11-15-4-8-19-9-5-15)12-16-6-10-21-23(16)17/h1-10,17H,11-14H2. The zero-order chi connectivity index (χ0) is 16.2. The number of ether oxygens (including phenoxy) is 1. The minimum absolute atomic E-state index is 0.174. The van der Waals surface area contributed by atoms with Gasteiger partial charge in [0.15, 0.2) is 0 Å². The Hall–Kier alpha value is -2.73. The molecule has 0 bridgehead atoms. The minimum Gasteiger partial charge on any atom is -0.475 e. The molecule has 0 fully saturated rings. The highest BCUT2D eigenvalue weighted by Crippen LogP contribution is 2.22. The van der Waals surface area contributed by atoms with Gasteiger partial charge in [-0.1, -0.05) is 6.07 Å². The van der Waals surface area contributed by atoms with Crippen molar-refractivity contribution in [2.75, 3.05) is 13.2 Å². The van der Waals surface area contributed by atoms with Gasteiger partial charge in [-0.05, 0) is 29.8 Å². The molecule has 0 spiro atoms. The minimum atomic E-state index is 0.174. The van der Waals surface area contributed by atoms with Gasteiger partial charge in [-0.25, -0.2) is 4.98 Å². The predicted octanol–water partition coefficient (Wildman–Crippen LogP) is 2.31. The summed E-state index contributed by atoms with van der Waals surface area (Å²) in [5, 5.41) is 4.47. The van der Waals surface area contributed by atoms with E-state index in [1.165, 1.54) is 11.3 Å². The van der Waals surface area contributed by atoms with Gasteiger partial charge in [-0.2, -0.15) is 5.10 Å². The third kappa shape index (κ3) is 3.28. The normalized spacial score (nSPS) is 17.4. The quantitative estimate of drug-likeness (QED) is 0.722. The number of fused-ring (bicyclic) bond motifs is 1. The fourth-order valence-corrected chi connectivity index (χ4v) is 3.07. The molecule has 1 atom stereocenters. The van der Waals surface area contributed by atoms with Crippen LogP contribution in [-0.4, -0.2) is 37.8 Å². The number of nitrogens with zero attached hydrogens (tertiary/aromatic N) is 5. The lowest BCUT2D eigenvalue weighted by Gasteiger charge is -2.33. The maximum absolute atomic E-state index is 5.86. The molecule has 0 saturated heterocycles. The van der Waals surface area contributed by atoms with Crippen molar-refractivity contribution >= 4 is 0 Å². The van der Waals surface area contributed by atoms with Gasteiger partial charge >= 0.3 is 0 Å². The van der Waals surface area contributed by atoms with Crippen LogP contribution in [0.2, 0.25) is 0 Å². The van der Waals surface area contributed by atoms with Crippen molar-refractivity contribution in [3.63, 3.8) is 0 Å². The fraction of sp³-hybridized carbons (Fsp3) is 0.278. The van der Waals surface area contributed by atoms with E-state index in [0.717, 1.165) is 19.6 Å². The summed E-state index contributed by atoms with van der Waals surface area (Å²) in [5.74, 6) is 0.650. The summed E-state index contributed by atoms with van der Waals surface area (Å²) in [6, 6.07) is 12.1. The summed E-state index contributed by atoms with van der Waals surface area (Å²) < 4.78 is 7.94. The van der Waals surface area contributed by atoms with Gasteiger partial charge in [0.25, 0.3) is 0 Å². The van der Waals surface area contributed by atoms with Crippen molar-refractivity contribution in [1.29, 1.82) is 0 Å². The van der Waals surface area contributed by atoms with Crippen LogP contribution in [0.4, 0.5) is 0 Å². The van der Waals surface area contributed by atoms with E-state index in [1.807, 2.05) is 36.8 Å². The highest BCUT2D eigenvalue weighted by Gasteiger charge is 2.26. The zero-order valence-electron chi connectivity index (χ0n) is 13.3. The molecule has 4 heterocycles. The number of hydrogen-bond donors (Lipinski definition) is 0. The van der Waals surface area contributed by atoms with Crippen LogP contribution in [0.25, 0.3) is 0 Å². The first kappa shape index (κ1) is 14.8. The van der Waals surface area contributed by atoms with Crippen molar-refractivity contribution < 1.29 is 4.74 Å². The van der Waals surface area contributed by atoms with Crippen LogP contribution in [0.1, 0.15) is 17.3 Å². The van der Waals surface area contributed by atoms with Gasteiger partial charge in [0, 0.05) is 50.5 Å². The van der Waals surface area contributed by atoms with E-state index in [2.05, 4.69) is 42.8 Å². The first-order valence-electron chi connectivity index (χ1n) is 8.06. The molecule has 3 aromatic heterocycles. The third-order valence-corrected chi connectivity index (χ3v) is 4.17. The molecule has 6 heteroatoms. The highest BCUT2D eigenvalue weighted by atomic mass is 16.5. The molecule has 0 radical (unpaired) electrons. The maximum atomic E-state index is 5.86. The van der Waals surface area contributed by atoms with Crippen molar-refractivity contribution in [3.8, 4) is 5.88 Å². The molecule has 122 valence electrons. The lowest BCUT2D eigenvalue weighted by atomic mass is 10.1. The Kier molecular flexibility index (Phi) is 4.20. The van der Waals surface area contributed by atoms with E-state index >= 15 is 0 Å². The molecule has 0 N–H and O–H groups in total. The Balaban J connectivity index is 1.47. The average molecular weight is 321 g/mol. The van der Waals surface area contributed by atoms with Crippen LogP contribution in [0.3, 0.4) is 0 Å². The Morgan fingerprint density at radius 3 is 2.79 bits per heavy atom. The topological polar surface area (TPSA) is 56.1 Å². The average Bonchev–Trinajstić information content (AvgIpc) is 3.10. The smallest absolute Gasteiger partial charge is 0.213 e. The number of hydrogen-bond acceptors (Lipinski definition) is 5. The third-order valence-electron chi connectivity index (χ3n) is 4.17. The molecule has 6 nitrogen and oxygen atoms in total. The lowest BCUT2D eigenvalue weighted by Crippen LogP contribution is -2.39. The Bertz CT molecular complexity index is 774. The molecule has 0 aliphatic carbocycles. The van der Waals surface area contributed by atoms with Crippen LogP contribution in [0, 0.1) is 0 Å². The summed E-state index contributed by atoms with van der Waals surface area (Å²) in [5.41, 5.74) is 2.48. The summed E-state index contributed by atoms with van der Waals surface area (Å²) in [6.45, 7) is 3.23. The molecule has 0 aromatic carbocycles. The number of aromatic nitrogens is 4. The first-order chi connectivity index (χ1) is 11.9. The van der Waals surface area contributed by atoms with Crippen LogP contribution in [0.15, 0.2) is 61.2 Å². The van der Waals surface area contributed by atoms with E-state index in [1.54, 1.807) is 6.20 Å². The fourth-order valence-electron chi connectivity index (χ4n) is 3.07. The maximum Gasteiger partial charge on any atom is 0.213 e. The van der Waals surface area contributed by atoms with Gasteiger partial charge in [0.05, 0.1) is 11.7 Å². The van der Waals surface area contributed by atoms with Gasteiger partial charge in [-0.15, -0.1) is 0 Å². The molecule has 4 rings (SSSR count). The molecule has 1 aliphatic heterocycles. The zero-order valence-corrected chi connectivity index (χ0v) is 13.3. The largest absolute Gasteiger partial charge is 0.475 e. The summed E-state index contributed by atoms with van der Waals surface area (Å²) >= 11 is 0. The first-order valence-corrected chi connectivity index (χ1v) is 8.06. The molecule has 24 heavy (non-hydrogen) atoms. The molecular formula is C18H19N5O. The number of pyridine rings is 2. The monoisotopic (exact) mass is 321 g/mol. The number of rotatable bonds is 5. The van der Waals surface area contributed by atoms with Gasteiger partial charge in [0.1, 0.15) is 6.61 Å². The second kappa shape index (κ2) is 6.80. The molecule has 0 saturated carbocycles. The van der Waals surface area contributed by atoms with Crippen LogP contribution in [-0.2, 0) is 13.1 Å². The van der Waals surface area contributed by atoms with Crippen molar-refractivity contribution in [1.82, 2.24) is 24.6 Å². The van der Waals surface area contributed by atoms with E-state index < -0.39 is 0 Å². The van der Waals surface area contributed by atoms with E-state index in [4.69, 9.17) is 4.74 Å². The summed E-state index contributed by atoms with van der Waals surface area (Å²) in [7, 11) is 0. The van der Waals surface area contributed by atoms with Crippen LogP contribution < -0.4 is 4.74 Å². The second-order valence-electron chi connectivity index (χ2n) is 5.93. The molecule has 0 amide bonds. The van der Waals surface area contributed by atoms with Crippen molar-refractivity contribution in [3.05, 3.63) is 72.4 Å². The summed E-state index contributed by atoms with van der Waals surface area (Å²) in [6.07, 6.45) is 7.28. The van der Waals surface area contributed by atoms with E-state index in [9.17, 15) is 0 Å². The predicted molar refractivity (Wildman–Crippen MR) is 89.3 cm³/mol. The van der Waals surface area contributed by atoms with Crippen molar-refractivity contribution in [2.24, 2.45) is 0 Å². The molecular weight excluding hydrogens is 302 g/mol. The Labute approximate surface area is 140 Å². The van der Waals surface area contributed by atoms with Crippen LogP contribution in [0.5, 0.6) is 5.88 Å². The second-order valence-corrected chi connectivity index (χ2v) is 5.93. The van der Waals surface area contributed by atoms with Gasteiger partial charge in [0.2, 0.25) is 5.88 Å². The highest BCUT2D eigenvalue weighted by molar-refractivity contribution is 5.12. The SMILES string of the molecule is c1ccc(OCC2CN(Cc3ccncc3)Cc3ccnn32)nc1. The molecule has 1 aliphatic rings. The van der Waals surface area contributed by atoms with E-state index in [-0.39, 0.29) is 6.04 Å². The summed E-state index contributed by atoms with van der Waals surface area (Å²) in [4.78, 5) is 10.7. The Morgan fingerprint density at radius 2 is 1.96 bits per heavy atom. The van der Waals surface area contributed by atoms with Gasteiger partial charge in [-0.3, -0.25) is 14.6 Å². The van der Waals surface area contributed by atoms with Crippen molar-refractivity contribution in [2.45, 2.75) is 19.1 Å². The Morgan fingerprint density at radius 1 is 1.04 bits per heavy atom. The molecule has 3 aromatic rings. The van der Waals surface area contributed by atoms with Gasteiger partial charge < -0.3 is 4.74 Å². The van der Waals surface area contributed by atoms with Crippen LogP contribution >= 0.6 is 0 Å². The lowest BCUT2D eigenvalue weighted by molar-refractivity contribution is 0.125. The van der Waals surface area contributed by atoms with E-state index in [0.29, 0.717) is 12.5 Å². The molecule has 1 unspecified atom stereocenters.